The van der Waals surface area contributed by atoms with Crippen molar-refractivity contribution in [3.05, 3.63) is 94.9 Å². The van der Waals surface area contributed by atoms with E-state index in [9.17, 15) is 24.3 Å². The molecule has 13 heteroatoms. The smallest absolute Gasteiger partial charge is 0.405 e. The molecule has 2 aliphatic heterocycles. The van der Waals surface area contributed by atoms with E-state index in [1.165, 1.54) is 20.3 Å². The number of morpholine rings is 1. The third kappa shape index (κ3) is 10.2. The highest BCUT2D eigenvalue weighted by Gasteiger charge is 2.38. The lowest BCUT2D eigenvalue weighted by Crippen LogP contribution is -2.39. The number of allylic oxidation sites excluding steroid dienone is 4. The van der Waals surface area contributed by atoms with Crippen LogP contribution >= 0.6 is 0 Å². The number of hydrogen-bond donors (Lipinski definition) is 4. The number of nitrogens with two attached hydrogens (primary N) is 1. The fourth-order valence-corrected chi connectivity index (χ4v) is 6.96. The number of rotatable bonds is 8. The number of primary amides is 1. The summed E-state index contributed by atoms with van der Waals surface area (Å²) >= 11 is 0. The highest BCUT2D eigenvalue weighted by atomic mass is 16.6. The summed E-state index contributed by atoms with van der Waals surface area (Å²) in [4.78, 5) is 57.1. The maximum absolute atomic E-state index is 14.6. The van der Waals surface area contributed by atoms with E-state index in [1.807, 2.05) is 26.0 Å². The minimum absolute atomic E-state index is 0.0607. The molecule has 3 aliphatic rings. The predicted octanol–water partition coefficient (Wildman–Crippen LogP) is 3.90. The Morgan fingerprint density at radius 3 is 2.39 bits per heavy atom. The number of ether oxygens (including phenoxy) is 4. The number of aliphatic hydroxyl groups is 1. The molecule has 0 radical (unpaired) electrons. The van der Waals surface area contributed by atoms with Crippen molar-refractivity contribution in [1.29, 1.82) is 0 Å². The van der Waals surface area contributed by atoms with Gasteiger partial charge in [-0.25, -0.2) is 4.79 Å². The van der Waals surface area contributed by atoms with Gasteiger partial charge in [0.05, 0.1) is 36.7 Å². The second-order valence-corrected chi connectivity index (χ2v) is 13.9. The zero-order valence-corrected chi connectivity index (χ0v) is 32.1. The lowest BCUT2D eigenvalue weighted by Gasteiger charge is -2.30. The summed E-state index contributed by atoms with van der Waals surface area (Å²) in [6.45, 7) is 13.7. The van der Waals surface area contributed by atoms with E-state index >= 15 is 0 Å². The molecular formula is C41H54N4O9. The zero-order chi connectivity index (χ0) is 39.5. The molecule has 1 aliphatic carbocycles. The van der Waals surface area contributed by atoms with E-state index in [0.29, 0.717) is 30.8 Å². The largest absolute Gasteiger partial charge is 0.439 e. The number of carbonyl (C=O) groups excluding carboxylic acids is 4. The number of fused-ring (bicyclic) bond motifs is 2. The monoisotopic (exact) mass is 746 g/mol. The maximum Gasteiger partial charge on any atom is 0.405 e. The van der Waals surface area contributed by atoms with Crippen LogP contribution in [-0.2, 0) is 33.3 Å². The average molecular weight is 747 g/mol. The van der Waals surface area contributed by atoms with E-state index in [4.69, 9.17) is 24.7 Å². The molecule has 292 valence electrons. The van der Waals surface area contributed by atoms with Gasteiger partial charge in [0.2, 0.25) is 11.6 Å². The van der Waals surface area contributed by atoms with Gasteiger partial charge in [0.25, 0.3) is 5.91 Å². The lowest BCUT2D eigenvalue weighted by molar-refractivity contribution is -0.120. The quantitative estimate of drug-likeness (QED) is 0.224. The Kier molecular flexibility index (Phi) is 15.1. The second-order valence-electron chi connectivity index (χ2n) is 13.9. The minimum atomic E-state index is -1.01. The number of methoxy groups -OCH3 is 2. The normalized spacial score (nSPS) is 29.1. The Labute approximate surface area is 317 Å². The Morgan fingerprint density at radius 1 is 1.09 bits per heavy atom. The zero-order valence-electron chi connectivity index (χ0n) is 32.1. The standard InChI is InChI=1S/C41H54N4O9/c1-8-16-43-34-30-21-24(2)22-32(52-7)36(46)26(4)23-27(5)39(54-41(42)50)31(51-6)11-9-10-25(3)40(49)44-35(37(30)47)33(38(34)48)28-12-14-29(15-13-28)45-17-19-53-20-18-45/h8-15,23-24,26,31-32,36,39,43,46H,1,16-22H2,2-7H3,(H2,42,50)(H,44,49)/b11-9-,25-10+,27-23+/t24-,26+,31+,32+,36-,39+/m1/s1. The van der Waals surface area contributed by atoms with E-state index in [0.717, 1.165) is 18.8 Å². The third-order valence-corrected chi connectivity index (χ3v) is 9.90. The molecule has 0 spiro atoms. The van der Waals surface area contributed by atoms with Crippen LogP contribution in [0.15, 0.2) is 89.3 Å². The third-order valence-electron chi connectivity index (χ3n) is 9.90. The van der Waals surface area contributed by atoms with Gasteiger partial charge >= 0.3 is 6.09 Å². The molecule has 4 rings (SSSR count). The van der Waals surface area contributed by atoms with Crippen molar-refractivity contribution >= 4 is 34.8 Å². The van der Waals surface area contributed by atoms with Gasteiger partial charge in [-0.2, -0.15) is 0 Å². The van der Waals surface area contributed by atoms with Gasteiger partial charge in [0.1, 0.15) is 11.8 Å². The first kappa shape index (κ1) is 41.9. The molecule has 54 heavy (non-hydrogen) atoms. The molecule has 5 N–H and O–H groups in total. The van der Waals surface area contributed by atoms with Crippen molar-refractivity contribution < 1.29 is 43.2 Å². The van der Waals surface area contributed by atoms with E-state index in [2.05, 4.69) is 22.1 Å². The van der Waals surface area contributed by atoms with Gasteiger partial charge in [-0.1, -0.05) is 56.4 Å². The average Bonchev–Trinajstić information content (AvgIpc) is 3.16. The molecule has 2 heterocycles. The van der Waals surface area contributed by atoms with Gasteiger partial charge < -0.3 is 45.3 Å². The fraction of sp³-hybridized carbons (Fsp3) is 0.463. The summed E-state index contributed by atoms with van der Waals surface area (Å²) in [6.07, 6.45) is 4.09. The predicted molar refractivity (Wildman–Crippen MR) is 206 cm³/mol. The number of nitrogens with one attached hydrogen (secondary N) is 2. The van der Waals surface area contributed by atoms with Crippen LogP contribution < -0.4 is 21.3 Å². The van der Waals surface area contributed by atoms with Gasteiger partial charge in [-0.15, -0.1) is 6.58 Å². The molecule has 0 saturated carbocycles. The van der Waals surface area contributed by atoms with Crippen LogP contribution in [0.1, 0.15) is 46.1 Å². The first-order valence-electron chi connectivity index (χ1n) is 18.2. The fourth-order valence-electron chi connectivity index (χ4n) is 6.96. The molecule has 6 atom stereocenters. The second kappa shape index (κ2) is 19.5. The number of benzene rings is 1. The molecule has 2 amide bonds. The van der Waals surface area contributed by atoms with Crippen LogP contribution in [0.4, 0.5) is 10.5 Å². The SMILES string of the molecule is C=CCNC1=C2C[C@@H](C)C[C@H](OC)[C@H](O)[C@@H](C)/C=C(\C)[C@H](OC(N)=O)[C@@H](OC)/C=C\C=C(/C)C(=O)NC(=C(c3ccc(N4CCOCC4)cc3)C1=O)C2=O. The van der Waals surface area contributed by atoms with Crippen LogP contribution in [-0.4, -0.2) is 100 Å². The van der Waals surface area contributed by atoms with Crippen LogP contribution in [0.3, 0.4) is 0 Å². The van der Waals surface area contributed by atoms with Crippen molar-refractivity contribution in [2.75, 3.05) is 52.0 Å². The van der Waals surface area contributed by atoms with Crippen LogP contribution in [0, 0.1) is 11.8 Å². The van der Waals surface area contributed by atoms with Gasteiger partial charge in [-0.3, -0.25) is 14.4 Å². The van der Waals surface area contributed by atoms with Gasteiger partial charge in [-0.05, 0) is 55.9 Å². The summed E-state index contributed by atoms with van der Waals surface area (Å²) in [6, 6.07) is 7.34. The van der Waals surface area contributed by atoms with Crippen molar-refractivity contribution in [2.24, 2.45) is 17.6 Å². The Balaban J connectivity index is 1.86. The van der Waals surface area contributed by atoms with E-state index < -0.39 is 53.9 Å². The number of nitrogens with zero attached hydrogens (tertiary/aromatic N) is 1. The molecule has 1 aromatic carbocycles. The van der Waals surface area contributed by atoms with Gasteiger partial charge in [0, 0.05) is 56.6 Å². The number of aliphatic hydroxyl groups excluding tert-OH is 1. The summed E-state index contributed by atoms with van der Waals surface area (Å²) in [5.74, 6) is -2.28. The molecule has 0 aromatic heterocycles. The van der Waals surface area contributed by atoms with Crippen LogP contribution in [0.2, 0.25) is 0 Å². The number of hydrogen-bond acceptors (Lipinski definition) is 11. The van der Waals surface area contributed by atoms with E-state index in [-0.39, 0.29) is 47.0 Å². The van der Waals surface area contributed by atoms with Crippen LogP contribution in [0.5, 0.6) is 0 Å². The molecule has 2 bridgehead atoms. The molecule has 1 saturated heterocycles. The molecular weight excluding hydrogens is 692 g/mol. The summed E-state index contributed by atoms with van der Waals surface area (Å²) in [5.41, 5.74) is 7.91. The van der Waals surface area contributed by atoms with Crippen LogP contribution in [0.25, 0.3) is 5.57 Å². The van der Waals surface area contributed by atoms with E-state index in [1.54, 1.807) is 50.3 Å². The summed E-state index contributed by atoms with van der Waals surface area (Å²) in [5, 5.41) is 17.4. The highest BCUT2D eigenvalue weighted by Crippen LogP contribution is 2.35. The molecule has 1 aromatic rings. The van der Waals surface area contributed by atoms with Crippen molar-refractivity contribution in [3.8, 4) is 0 Å². The number of amides is 2. The number of Topliss-reactive ketones (excluding diaryl/α,β-unsaturated/α-hetero) is 2. The number of ketones is 2. The Bertz CT molecular complexity index is 1720. The first-order chi connectivity index (χ1) is 25.8. The topological polar surface area (TPSA) is 179 Å². The number of anilines is 1. The van der Waals surface area contributed by atoms with Crippen molar-refractivity contribution in [3.63, 3.8) is 0 Å². The minimum Gasteiger partial charge on any atom is -0.439 e. The van der Waals surface area contributed by atoms with Crippen molar-refractivity contribution in [2.45, 2.75) is 65.0 Å². The highest BCUT2D eigenvalue weighted by molar-refractivity contribution is 6.39. The summed E-state index contributed by atoms with van der Waals surface area (Å²) in [7, 11) is 2.94. The van der Waals surface area contributed by atoms with Crippen molar-refractivity contribution in [1.82, 2.24) is 10.6 Å². The molecule has 1 fully saturated rings. The van der Waals surface area contributed by atoms with Gasteiger partial charge in [0.15, 0.2) is 6.10 Å². The molecule has 13 nitrogen and oxygen atoms in total. The maximum atomic E-state index is 14.6. The Hall–Kier alpha value is -4.82. The first-order valence-corrected chi connectivity index (χ1v) is 18.2. The Morgan fingerprint density at radius 2 is 1.78 bits per heavy atom. The number of carbonyl (C=O) groups is 4. The lowest BCUT2D eigenvalue weighted by atomic mass is 9.81. The molecule has 0 unspecified atom stereocenters. The summed E-state index contributed by atoms with van der Waals surface area (Å²) < 4.78 is 22.4.